The molecule has 0 aromatic rings. The first-order valence-electron chi connectivity index (χ1n) is 9.84. The Bertz CT molecular complexity index is 416. The van der Waals surface area contributed by atoms with Gasteiger partial charge in [0.25, 0.3) is 0 Å². The van der Waals surface area contributed by atoms with Gasteiger partial charge in [-0.3, -0.25) is 4.79 Å². The molecule has 144 valence electrons. The van der Waals surface area contributed by atoms with Crippen molar-refractivity contribution in [2.45, 2.75) is 83.3 Å². The Morgan fingerprint density at radius 3 is 2.76 bits per heavy atom. The molecule has 0 saturated heterocycles. The van der Waals surface area contributed by atoms with E-state index in [0.717, 1.165) is 51.4 Å². The van der Waals surface area contributed by atoms with E-state index in [1.807, 2.05) is 6.08 Å². The van der Waals surface area contributed by atoms with Gasteiger partial charge in [-0.15, -0.1) is 0 Å². The van der Waals surface area contributed by atoms with Gasteiger partial charge in [-0.2, -0.15) is 0 Å². The number of allylic oxidation sites excluding steroid dienone is 3. The lowest BCUT2D eigenvalue weighted by Gasteiger charge is -2.18. The SMILES string of the molecule is CCCCCC(O)C=C[C@H]1CCC(O)[C@@H]1CC=CCCCC(=O)OC. The molecule has 1 aliphatic carbocycles. The predicted octanol–water partition coefficient (Wildman–Crippen LogP) is 4.16. The summed E-state index contributed by atoms with van der Waals surface area (Å²) in [6.07, 6.45) is 16.6. The normalized spacial score (nSPS) is 25.0. The van der Waals surface area contributed by atoms with Crippen LogP contribution < -0.4 is 0 Å². The molecule has 25 heavy (non-hydrogen) atoms. The molecule has 2 unspecified atom stereocenters. The molecular formula is C21H36O4. The van der Waals surface area contributed by atoms with Gasteiger partial charge < -0.3 is 14.9 Å². The fraction of sp³-hybridized carbons (Fsp3) is 0.762. The van der Waals surface area contributed by atoms with Gasteiger partial charge in [0, 0.05) is 6.42 Å². The van der Waals surface area contributed by atoms with Crippen LogP contribution in [-0.4, -0.2) is 35.5 Å². The minimum atomic E-state index is -0.362. The first kappa shape index (κ1) is 21.9. The number of carbonyl (C=O) groups excluding carboxylic acids is 1. The maximum atomic E-state index is 11.0. The Kier molecular flexibility index (Phi) is 11.5. The Balaban J connectivity index is 2.34. The van der Waals surface area contributed by atoms with Crippen molar-refractivity contribution in [1.82, 2.24) is 0 Å². The quantitative estimate of drug-likeness (QED) is 0.314. The van der Waals surface area contributed by atoms with Gasteiger partial charge in [0.1, 0.15) is 0 Å². The fourth-order valence-electron chi connectivity index (χ4n) is 3.46. The van der Waals surface area contributed by atoms with Gasteiger partial charge >= 0.3 is 5.97 Å². The van der Waals surface area contributed by atoms with Gasteiger partial charge in [0.05, 0.1) is 19.3 Å². The minimum absolute atomic E-state index is 0.165. The number of esters is 1. The summed E-state index contributed by atoms with van der Waals surface area (Å²) in [6.45, 7) is 2.16. The molecule has 1 aliphatic rings. The summed E-state index contributed by atoms with van der Waals surface area (Å²) >= 11 is 0. The number of carbonyl (C=O) groups is 1. The molecule has 0 heterocycles. The Hall–Kier alpha value is -1.13. The molecule has 1 saturated carbocycles. The summed E-state index contributed by atoms with van der Waals surface area (Å²) < 4.78 is 4.62. The van der Waals surface area contributed by atoms with Crippen LogP contribution in [0.15, 0.2) is 24.3 Å². The summed E-state index contributed by atoms with van der Waals surface area (Å²) in [4.78, 5) is 11.0. The molecule has 2 N–H and O–H groups in total. The fourth-order valence-corrected chi connectivity index (χ4v) is 3.46. The van der Waals surface area contributed by atoms with Crippen molar-refractivity contribution < 1.29 is 19.7 Å². The van der Waals surface area contributed by atoms with Crippen LogP contribution in [0.25, 0.3) is 0 Å². The summed E-state index contributed by atoms with van der Waals surface area (Å²) in [5, 5.41) is 20.2. The lowest BCUT2D eigenvalue weighted by molar-refractivity contribution is -0.140. The highest BCUT2D eigenvalue weighted by Gasteiger charge is 2.32. The second-order valence-corrected chi connectivity index (χ2v) is 7.10. The van der Waals surface area contributed by atoms with Crippen molar-refractivity contribution in [3.8, 4) is 0 Å². The smallest absolute Gasteiger partial charge is 0.305 e. The molecule has 0 aliphatic heterocycles. The zero-order chi connectivity index (χ0) is 18.5. The lowest BCUT2D eigenvalue weighted by Crippen LogP contribution is -2.17. The van der Waals surface area contributed by atoms with Gasteiger partial charge in [-0.25, -0.2) is 0 Å². The molecule has 4 heteroatoms. The molecule has 1 rings (SSSR count). The molecule has 0 radical (unpaired) electrons. The Morgan fingerprint density at radius 2 is 2.04 bits per heavy atom. The standard InChI is InChI=1S/C21H36O4/c1-3-4-7-10-18(22)15-13-17-14-16-20(23)19(17)11-8-5-6-9-12-21(24)25-2/h5,8,13,15,17-20,22-23H,3-4,6-7,9-12,14,16H2,1-2H3/t17-,18?,19+,20?/m0/s1. The van der Waals surface area contributed by atoms with Crippen LogP contribution in [0, 0.1) is 11.8 Å². The minimum Gasteiger partial charge on any atom is -0.469 e. The Morgan fingerprint density at radius 1 is 1.24 bits per heavy atom. The van der Waals surface area contributed by atoms with Crippen LogP contribution in [0.4, 0.5) is 0 Å². The van der Waals surface area contributed by atoms with Crippen molar-refractivity contribution in [3.05, 3.63) is 24.3 Å². The van der Waals surface area contributed by atoms with Crippen LogP contribution in [0.5, 0.6) is 0 Å². The van der Waals surface area contributed by atoms with E-state index < -0.39 is 0 Å². The van der Waals surface area contributed by atoms with Crippen LogP contribution in [0.2, 0.25) is 0 Å². The highest BCUT2D eigenvalue weighted by molar-refractivity contribution is 5.69. The molecule has 0 amide bonds. The number of ether oxygens (including phenoxy) is 1. The molecule has 0 aromatic carbocycles. The largest absolute Gasteiger partial charge is 0.469 e. The number of unbranched alkanes of at least 4 members (excludes halogenated alkanes) is 3. The van der Waals surface area contributed by atoms with Crippen molar-refractivity contribution in [1.29, 1.82) is 0 Å². The number of methoxy groups -OCH3 is 1. The predicted molar refractivity (Wildman–Crippen MR) is 101 cm³/mol. The third-order valence-electron chi connectivity index (χ3n) is 5.08. The zero-order valence-corrected chi connectivity index (χ0v) is 15.9. The van der Waals surface area contributed by atoms with Crippen LogP contribution in [-0.2, 0) is 9.53 Å². The van der Waals surface area contributed by atoms with Crippen molar-refractivity contribution in [2.24, 2.45) is 11.8 Å². The average molecular weight is 353 g/mol. The second kappa shape index (κ2) is 13.1. The van der Waals surface area contributed by atoms with Gasteiger partial charge in [0.15, 0.2) is 0 Å². The van der Waals surface area contributed by atoms with Gasteiger partial charge in [-0.1, -0.05) is 50.5 Å². The van der Waals surface area contributed by atoms with E-state index in [0.29, 0.717) is 12.3 Å². The van der Waals surface area contributed by atoms with E-state index in [-0.39, 0.29) is 24.1 Å². The molecule has 0 aromatic heterocycles. The van der Waals surface area contributed by atoms with E-state index in [2.05, 4.69) is 29.9 Å². The topological polar surface area (TPSA) is 66.8 Å². The van der Waals surface area contributed by atoms with Crippen molar-refractivity contribution >= 4 is 5.97 Å². The van der Waals surface area contributed by atoms with Gasteiger partial charge in [-0.05, 0) is 50.4 Å². The van der Waals surface area contributed by atoms with E-state index in [4.69, 9.17) is 0 Å². The van der Waals surface area contributed by atoms with E-state index in [1.165, 1.54) is 13.5 Å². The van der Waals surface area contributed by atoms with Crippen molar-refractivity contribution in [3.63, 3.8) is 0 Å². The number of aliphatic hydroxyl groups excluding tert-OH is 2. The molecule has 1 fully saturated rings. The van der Waals surface area contributed by atoms with Crippen LogP contribution in [0.1, 0.15) is 71.1 Å². The summed E-state index contributed by atoms with van der Waals surface area (Å²) in [5.74, 6) is 0.411. The van der Waals surface area contributed by atoms with E-state index in [9.17, 15) is 15.0 Å². The maximum Gasteiger partial charge on any atom is 0.305 e. The summed E-state index contributed by atoms with van der Waals surface area (Å²) in [6, 6.07) is 0. The molecule has 4 nitrogen and oxygen atoms in total. The molecule has 0 bridgehead atoms. The molecular weight excluding hydrogens is 316 g/mol. The molecule has 4 atom stereocenters. The average Bonchev–Trinajstić information content (AvgIpc) is 2.96. The van der Waals surface area contributed by atoms with E-state index in [1.54, 1.807) is 0 Å². The monoisotopic (exact) mass is 352 g/mol. The third-order valence-corrected chi connectivity index (χ3v) is 5.08. The first-order chi connectivity index (χ1) is 12.1. The number of rotatable bonds is 12. The summed E-state index contributed by atoms with van der Waals surface area (Å²) in [5.41, 5.74) is 0. The van der Waals surface area contributed by atoms with E-state index >= 15 is 0 Å². The van der Waals surface area contributed by atoms with Crippen LogP contribution >= 0.6 is 0 Å². The summed E-state index contributed by atoms with van der Waals surface area (Å²) in [7, 11) is 1.41. The van der Waals surface area contributed by atoms with Gasteiger partial charge in [0.2, 0.25) is 0 Å². The first-order valence-corrected chi connectivity index (χ1v) is 9.84. The second-order valence-electron chi connectivity index (χ2n) is 7.10. The molecule has 0 spiro atoms. The van der Waals surface area contributed by atoms with Crippen LogP contribution in [0.3, 0.4) is 0 Å². The zero-order valence-electron chi connectivity index (χ0n) is 15.9. The lowest BCUT2D eigenvalue weighted by atomic mass is 9.90. The highest BCUT2D eigenvalue weighted by Crippen LogP contribution is 2.36. The highest BCUT2D eigenvalue weighted by atomic mass is 16.5. The Labute approximate surface area is 153 Å². The third kappa shape index (κ3) is 9.22. The number of hydrogen-bond donors (Lipinski definition) is 2. The van der Waals surface area contributed by atoms with Crippen molar-refractivity contribution in [2.75, 3.05) is 7.11 Å². The number of aliphatic hydroxyl groups is 2. The number of hydrogen-bond acceptors (Lipinski definition) is 4. The maximum absolute atomic E-state index is 11.0.